The van der Waals surface area contributed by atoms with Crippen LogP contribution in [0.1, 0.15) is 0 Å². The Hall–Kier alpha value is -2.78. The Labute approximate surface area is 139 Å². The number of pyridine rings is 1. The number of hydrogen-bond acceptors (Lipinski definition) is 3. The minimum Gasteiger partial charge on any atom is -0.256 e. The van der Waals surface area contributed by atoms with Gasteiger partial charge in [0.1, 0.15) is 0 Å². The average molecular weight is 314 g/mol. The molecule has 2 aromatic carbocycles. The molecular formula is C20H14N2S. The van der Waals surface area contributed by atoms with Gasteiger partial charge in [0.05, 0.1) is 16.1 Å². The Morgan fingerprint density at radius 3 is 2.26 bits per heavy atom. The second-order valence-corrected chi connectivity index (χ2v) is 6.13. The van der Waals surface area contributed by atoms with Crippen molar-refractivity contribution in [2.45, 2.75) is 0 Å². The highest BCUT2D eigenvalue weighted by Crippen LogP contribution is 2.29. The van der Waals surface area contributed by atoms with Crippen LogP contribution in [0.5, 0.6) is 0 Å². The molecule has 0 aliphatic carbocycles. The van der Waals surface area contributed by atoms with E-state index in [1.807, 2.05) is 36.1 Å². The quantitative estimate of drug-likeness (QED) is 0.496. The van der Waals surface area contributed by atoms with Crippen molar-refractivity contribution < 1.29 is 0 Å². The summed E-state index contributed by atoms with van der Waals surface area (Å²) in [6, 6.07) is 23.1. The maximum absolute atomic E-state index is 4.39. The number of hydrogen-bond donors (Lipinski definition) is 0. The van der Waals surface area contributed by atoms with Gasteiger partial charge < -0.3 is 0 Å². The van der Waals surface area contributed by atoms with Gasteiger partial charge >= 0.3 is 0 Å². The van der Waals surface area contributed by atoms with E-state index >= 15 is 0 Å². The van der Waals surface area contributed by atoms with Crippen molar-refractivity contribution in [3.8, 4) is 32.8 Å². The molecule has 110 valence electrons. The minimum absolute atomic E-state index is 0.998. The summed E-state index contributed by atoms with van der Waals surface area (Å²) >= 11 is 1.66. The van der Waals surface area contributed by atoms with E-state index in [0.717, 1.165) is 11.3 Å². The number of nitrogens with zero attached hydrogens (tertiary/aromatic N) is 2. The number of thiazole rings is 1. The Morgan fingerprint density at radius 1 is 0.696 bits per heavy atom. The Bertz CT molecular complexity index is 898. The summed E-state index contributed by atoms with van der Waals surface area (Å²) in [5.74, 6) is 0. The molecule has 0 saturated heterocycles. The molecule has 3 heteroatoms. The highest BCUT2D eigenvalue weighted by molar-refractivity contribution is 7.13. The molecule has 4 aromatic rings. The molecule has 0 saturated carbocycles. The van der Waals surface area contributed by atoms with Crippen LogP contribution in [0, 0.1) is 0 Å². The van der Waals surface area contributed by atoms with E-state index < -0.39 is 0 Å². The predicted octanol–water partition coefficient (Wildman–Crippen LogP) is 5.54. The zero-order valence-electron chi connectivity index (χ0n) is 12.4. The summed E-state index contributed by atoms with van der Waals surface area (Å²) in [7, 11) is 0. The second kappa shape index (κ2) is 6.15. The normalized spacial score (nSPS) is 10.6. The SMILES string of the molecule is c1ccc(-c2ccc(-c3cccc(-c4cncs4)c3)cc2)nc1. The van der Waals surface area contributed by atoms with Crippen LogP contribution in [-0.2, 0) is 0 Å². The van der Waals surface area contributed by atoms with Crippen LogP contribution in [0.15, 0.2) is 84.6 Å². The Kier molecular flexibility index (Phi) is 3.70. The first-order valence-electron chi connectivity index (χ1n) is 7.41. The van der Waals surface area contributed by atoms with E-state index in [2.05, 4.69) is 58.5 Å². The van der Waals surface area contributed by atoms with Gasteiger partial charge in [-0.15, -0.1) is 11.3 Å². The first kappa shape index (κ1) is 13.9. The van der Waals surface area contributed by atoms with E-state index in [1.165, 1.54) is 21.6 Å². The molecule has 0 aliphatic rings. The third kappa shape index (κ3) is 2.91. The smallest absolute Gasteiger partial charge is 0.0797 e. The standard InChI is InChI=1S/C20H14N2S/c1-2-11-22-19(6-1)16-9-7-15(8-10-16)17-4-3-5-18(12-17)20-13-21-14-23-20/h1-14H. The fourth-order valence-corrected chi connectivity index (χ4v) is 3.20. The van der Waals surface area contributed by atoms with Crippen molar-refractivity contribution in [1.29, 1.82) is 0 Å². The van der Waals surface area contributed by atoms with Crippen LogP contribution in [0.2, 0.25) is 0 Å². The van der Waals surface area contributed by atoms with Gasteiger partial charge in [-0.1, -0.05) is 48.5 Å². The van der Waals surface area contributed by atoms with Gasteiger partial charge in [-0.25, -0.2) is 0 Å². The van der Waals surface area contributed by atoms with Crippen molar-refractivity contribution in [1.82, 2.24) is 9.97 Å². The second-order valence-electron chi connectivity index (χ2n) is 5.24. The fourth-order valence-electron chi connectivity index (χ4n) is 2.58. The maximum atomic E-state index is 4.39. The summed E-state index contributed by atoms with van der Waals surface area (Å²) in [5.41, 5.74) is 7.62. The molecule has 0 N–H and O–H groups in total. The molecule has 2 aromatic heterocycles. The van der Waals surface area contributed by atoms with Crippen LogP contribution < -0.4 is 0 Å². The number of benzene rings is 2. The highest BCUT2D eigenvalue weighted by atomic mass is 32.1. The number of aromatic nitrogens is 2. The van der Waals surface area contributed by atoms with Gasteiger partial charge in [-0.2, -0.15) is 0 Å². The highest BCUT2D eigenvalue weighted by Gasteiger charge is 2.04. The van der Waals surface area contributed by atoms with Gasteiger partial charge in [-0.05, 0) is 34.9 Å². The summed E-state index contributed by atoms with van der Waals surface area (Å²) in [6.07, 6.45) is 3.73. The predicted molar refractivity (Wildman–Crippen MR) is 96.2 cm³/mol. The van der Waals surface area contributed by atoms with Crippen molar-refractivity contribution in [3.63, 3.8) is 0 Å². The van der Waals surface area contributed by atoms with Crippen molar-refractivity contribution in [2.75, 3.05) is 0 Å². The third-order valence-electron chi connectivity index (χ3n) is 3.76. The van der Waals surface area contributed by atoms with Gasteiger partial charge in [0.2, 0.25) is 0 Å². The number of rotatable bonds is 3. The molecule has 0 atom stereocenters. The third-order valence-corrected chi connectivity index (χ3v) is 4.58. The molecule has 0 spiro atoms. The largest absolute Gasteiger partial charge is 0.256 e. The monoisotopic (exact) mass is 314 g/mol. The first-order valence-corrected chi connectivity index (χ1v) is 8.29. The van der Waals surface area contributed by atoms with E-state index in [0.29, 0.717) is 0 Å². The van der Waals surface area contributed by atoms with Crippen LogP contribution in [0.4, 0.5) is 0 Å². The lowest BCUT2D eigenvalue weighted by Crippen LogP contribution is -1.83. The van der Waals surface area contributed by atoms with Crippen molar-refractivity contribution >= 4 is 11.3 Å². The maximum Gasteiger partial charge on any atom is 0.0797 e. The van der Waals surface area contributed by atoms with Crippen molar-refractivity contribution in [2.24, 2.45) is 0 Å². The fraction of sp³-hybridized carbons (Fsp3) is 0. The molecule has 0 radical (unpaired) electrons. The average Bonchev–Trinajstić information content (AvgIpc) is 3.18. The first-order chi connectivity index (χ1) is 11.4. The Morgan fingerprint density at radius 2 is 1.52 bits per heavy atom. The van der Waals surface area contributed by atoms with Gasteiger partial charge in [-0.3, -0.25) is 9.97 Å². The summed E-state index contributed by atoms with van der Waals surface area (Å²) in [4.78, 5) is 9.74. The molecule has 0 unspecified atom stereocenters. The molecule has 0 bridgehead atoms. The molecule has 0 fully saturated rings. The van der Waals surface area contributed by atoms with E-state index in [-0.39, 0.29) is 0 Å². The van der Waals surface area contributed by atoms with Crippen LogP contribution in [-0.4, -0.2) is 9.97 Å². The van der Waals surface area contributed by atoms with E-state index in [9.17, 15) is 0 Å². The van der Waals surface area contributed by atoms with Gasteiger partial charge in [0.15, 0.2) is 0 Å². The summed E-state index contributed by atoms with van der Waals surface area (Å²) in [6.45, 7) is 0. The topological polar surface area (TPSA) is 25.8 Å². The summed E-state index contributed by atoms with van der Waals surface area (Å²) in [5, 5.41) is 0. The molecule has 0 aliphatic heterocycles. The zero-order valence-corrected chi connectivity index (χ0v) is 13.2. The minimum atomic E-state index is 0.998. The molecule has 0 amide bonds. The Balaban J connectivity index is 1.68. The van der Waals surface area contributed by atoms with Gasteiger partial charge in [0, 0.05) is 18.0 Å². The molecule has 2 nitrogen and oxygen atoms in total. The van der Waals surface area contributed by atoms with E-state index in [1.54, 1.807) is 11.3 Å². The summed E-state index contributed by atoms with van der Waals surface area (Å²) < 4.78 is 0. The lowest BCUT2D eigenvalue weighted by atomic mass is 10.0. The molecule has 2 heterocycles. The lowest BCUT2D eigenvalue weighted by Gasteiger charge is -2.06. The van der Waals surface area contributed by atoms with E-state index in [4.69, 9.17) is 0 Å². The van der Waals surface area contributed by atoms with Crippen molar-refractivity contribution in [3.05, 3.63) is 84.6 Å². The van der Waals surface area contributed by atoms with Crippen LogP contribution in [0.25, 0.3) is 32.8 Å². The van der Waals surface area contributed by atoms with Crippen LogP contribution in [0.3, 0.4) is 0 Å². The van der Waals surface area contributed by atoms with Crippen LogP contribution >= 0.6 is 11.3 Å². The molecule has 4 rings (SSSR count). The molecule has 23 heavy (non-hydrogen) atoms. The van der Waals surface area contributed by atoms with Gasteiger partial charge in [0.25, 0.3) is 0 Å². The molecular weight excluding hydrogens is 300 g/mol. The lowest BCUT2D eigenvalue weighted by molar-refractivity contribution is 1.33. The zero-order chi connectivity index (χ0) is 15.5.